The van der Waals surface area contributed by atoms with Gasteiger partial charge in [-0.05, 0) is 25.1 Å². The van der Waals surface area contributed by atoms with Crippen LogP contribution in [0.2, 0.25) is 5.02 Å². The standard InChI is InChI=1S/C16H13ClF8N4O2/c1-2-28-12(30)7-5-6(3-4-8(7)17)29-13(31)10(26)9(15(20,21)22)11(27)14(18,19)16(23,24)25/h3-5,26H,2,27H2,1H3,(H,28,30)(H,29,31)/b11-9+,26-10?. The van der Waals surface area contributed by atoms with Crippen molar-refractivity contribution < 1.29 is 44.7 Å². The quantitative estimate of drug-likeness (QED) is 0.365. The second-order valence-electron chi connectivity index (χ2n) is 5.74. The Morgan fingerprint density at radius 1 is 1.10 bits per heavy atom. The van der Waals surface area contributed by atoms with Crippen LogP contribution in [0, 0.1) is 5.41 Å². The summed E-state index contributed by atoms with van der Waals surface area (Å²) >= 11 is 5.79. The van der Waals surface area contributed by atoms with Crippen molar-refractivity contribution in [1.29, 1.82) is 5.41 Å². The molecule has 0 aliphatic heterocycles. The molecule has 0 radical (unpaired) electrons. The fourth-order valence-electron chi connectivity index (χ4n) is 2.08. The summed E-state index contributed by atoms with van der Waals surface area (Å²) in [5, 5.41) is 11.2. The summed E-state index contributed by atoms with van der Waals surface area (Å²) < 4.78 is 103. The number of alkyl halides is 8. The number of nitrogens with one attached hydrogen (secondary N) is 3. The largest absolute Gasteiger partial charge is 0.459 e. The summed E-state index contributed by atoms with van der Waals surface area (Å²) in [5.74, 6) is -8.92. The second-order valence-corrected chi connectivity index (χ2v) is 6.15. The number of benzene rings is 1. The Morgan fingerprint density at radius 2 is 1.65 bits per heavy atom. The van der Waals surface area contributed by atoms with Crippen LogP contribution in [0.25, 0.3) is 0 Å². The van der Waals surface area contributed by atoms with Gasteiger partial charge in [0.15, 0.2) is 0 Å². The smallest absolute Gasteiger partial charge is 0.396 e. The van der Waals surface area contributed by atoms with Gasteiger partial charge in [0.2, 0.25) is 0 Å². The van der Waals surface area contributed by atoms with Crippen LogP contribution in [0.1, 0.15) is 17.3 Å². The van der Waals surface area contributed by atoms with Crippen molar-refractivity contribution in [3.8, 4) is 0 Å². The molecule has 2 amide bonds. The van der Waals surface area contributed by atoms with E-state index in [9.17, 15) is 44.7 Å². The molecular formula is C16H13ClF8N4O2. The molecule has 0 saturated heterocycles. The van der Waals surface area contributed by atoms with E-state index >= 15 is 0 Å². The van der Waals surface area contributed by atoms with E-state index in [0.717, 1.165) is 18.2 Å². The molecule has 0 heterocycles. The number of hydrogen-bond donors (Lipinski definition) is 4. The summed E-state index contributed by atoms with van der Waals surface area (Å²) in [4.78, 5) is 23.8. The van der Waals surface area contributed by atoms with Crippen LogP contribution < -0.4 is 16.4 Å². The lowest BCUT2D eigenvalue weighted by Crippen LogP contribution is -2.45. The molecule has 0 fully saturated rings. The van der Waals surface area contributed by atoms with Crippen LogP contribution >= 0.6 is 11.6 Å². The highest BCUT2D eigenvalue weighted by molar-refractivity contribution is 6.48. The molecule has 172 valence electrons. The van der Waals surface area contributed by atoms with Gasteiger partial charge in [-0.15, -0.1) is 0 Å². The minimum atomic E-state index is -6.51. The molecule has 0 atom stereocenters. The summed E-state index contributed by atoms with van der Waals surface area (Å²) in [6.45, 7) is 1.73. The third kappa shape index (κ3) is 5.83. The number of hydrogen-bond acceptors (Lipinski definition) is 4. The summed E-state index contributed by atoms with van der Waals surface area (Å²) in [5.41, 5.74) is -4.55. The Morgan fingerprint density at radius 3 is 2.10 bits per heavy atom. The molecule has 1 rings (SSSR count). The van der Waals surface area contributed by atoms with Crippen molar-refractivity contribution in [2.45, 2.75) is 25.2 Å². The number of halogens is 9. The van der Waals surface area contributed by atoms with Crippen LogP contribution in [-0.4, -0.2) is 42.3 Å². The summed E-state index contributed by atoms with van der Waals surface area (Å²) in [6.07, 6.45) is -12.5. The van der Waals surface area contributed by atoms with Crippen LogP contribution in [0.4, 0.5) is 40.8 Å². The number of nitrogens with two attached hydrogens (primary N) is 1. The predicted octanol–water partition coefficient (Wildman–Crippen LogP) is 4.02. The highest BCUT2D eigenvalue weighted by Crippen LogP contribution is 2.43. The van der Waals surface area contributed by atoms with Gasteiger partial charge in [0, 0.05) is 12.2 Å². The lowest BCUT2D eigenvalue weighted by Gasteiger charge is -2.24. The minimum absolute atomic E-state index is 0.121. The van der Waals surface area contributed by atoms with Crippen molar-refractivity contribution in [3.63, 3.8) is 0 Å². The number of amides is 2. The zero-order valence-electron chi connectivity index (χ0n) is 15.2. The SMILES string of the molecule is CCNC(=O)c1cc(NC(=O)C(=N)/C(=C(\N)C(F)(F)C(F)(F)F)C(F)(F)F)ccc1Cl. The van der Waals surface area contributed by atoms with Crippen molar-refractivity contribution >= 4 is 34.8 Å². The van der Waals surface area contributed by atoms with Gasteiger partial charge in [-0.25, -0.2) is 0 Å². The van der Waals surface area contributed by atoms with Gasteiger partial charge in [-0.2, -0.15) is 35.1 Å². The number of rotatable bonds is 6. The summed E-state index contributed by atoms with van der Waals surface area (Å²) in [7, 11) is 0. The fraction of sp³-hybridized carbons (Fsp3) is 0.312. The molecule has 0 spiro atoms. The van der Waals surface area contributed by atoms with Gasteiger partial charge < -0.3 is 16.4 Å². The third-order valence-electron chi connectivity index (χ3n) is 3.53. The Balaban J connectivity index is 3.37. The molecule has 0 aliphatic rings. The first-order valence-electron chi connectivity index (χ1n) is 7.95. The van der Waals surface area contributed by atoms with Gasteiger partial charge >= 0.3 is 18.3 Å². The monoisotopic (exact) mass is 480 g/mol. The van der Waals surface area contributed by atoms with E-state index in [1.165, 1.54) is 0 Å². The zero-order valence-corrected chi connectivity index (χ0v) is 16.0. The first-order chi connectivity index (χ1) is 13.9. The lowest BCUT2D eigenvalue weighted by atomic mass is 10.0. The second kappa shape index (κ2) is 9.08. The number of allylic oxidation sites excluding steroid dienone is 1. The molecule has 5 N–H and O–H groups in total. The van der Waals surface area contributed by atoms with Crippen LogP contribution in [0.15, 0.2) is 29.5 Å². The average Bonchev–Trinajstić information content (AvgIpc) is 2.61. The van der Waals surface area contributed by atoms with Crippen LogP contribution in [-0.2, 0) is 4.79 Å². The number of carbonyl (C=O) groups is 2. The maximum Gasteiger partial charge on any atom is 0.459 e. The highest BCUT2D eigenvalue weighted by Gasteiger charge is 2.62. The number of carbonyl (C=O) groups excluding carboxylic acids is 2. The Kier molecular flexibility index (Phi) is 7.65. The average molecular weight is 481 g/mol. The van der Waals surface area contributed by atoms with E-state index in [2.05, 4.69) is 11.1 Å². The topological polar surface area (TPSA) is 108 Å². The number of anilines is 1. The van der Waals surface area contributed by atoms with Crippen molar-refractivity contribution in [1.82, 2.24) is 5.32 Å². The lowest BCUT2D eigenvalue weighted by molar-refractivity contribution is -0.265. The van der Waals surface area contributed by atoms with Gasteiger partial charge in [-0.1, -0.05) is 11.6 Å². The maximum absolute atomic E-state index is 13.3. The Hall–Kier alpha value is -2.90. The Bertz CT molecular complexity index is 925. The molecule has 0 bridgehead atoms. The van der Waals surface area contributed by atoms with Gasteiger partial charge in [0.25, 0.3) is 11.8 Å². The molecular weight excluding hydrogens is 468 g/mol. The predicted molar refractivity (Wildman–Crippen MR) is 94.1 cm³/mol. The third-order valence-corrected chi connectivity index (χ3v) is 3.86. The highest BCUT2D eigenvalue weighted by atomic mass is 35.5. The summed E-state index contributed by atoms with van der Waals surface area (Å²) in [6, 6.07) is 2.93. The molecule has 15 heteroatoms. The van der Waals surface area contributed by atoms with Gasteiger partial charge in [0.05, 0.1) is 10.6 Å². The van der Waals surface area contributed by atoms with Gasteiger partial charge in [-0.3, -0.25) is 15.0 Å². The molecule has 6 nitrogen and oxygen atoms in total. The first kappa shape index (κ1) is 26.1. The fourth-order valence-corrected chi connectivity index (χ4v) is 2.28. The van der Waals surface area contributed by atoms with E-state index in [1.807, 2.05) is 0 Å². The molecule has 1 aromatic rings. The normalized spacial score (nSPS) is 13.4. The van der Waals surface area contributed by atoms with Gasteiger partial charge in [0.1, 0.15) is 17.0 Å². The van der Waals surface area contributed by atoms with E-state index in [0.29, 0.717) is 0 Å². The van der Waals surface area contributed by atoms with Crippen molar-refractivity contribution in [3.05, 3.63) is 40.1 Å². The molecule has 1 aromatic carbocycles. The molecule has 31 heavy (non-hydrogen) atoms. The van der Waals surface area contributed by atoms with E-state index in [4.69, 9.17) is 17.0 Å². The molecule has 0 aromatic heterocycles. The van der Waals surface area contributed by atoms with Crippen molar-refractivity contribution in [2.24, 2.45) is 5.73 Å². The molecule has 0 aliphatic carbocycles. The Labute approximate surface area is 173 Å². The zero-order chi connectivity index (χ0) is 24.4. The van der Waals surface area contributed by atoms with E-state index < -0.39 is 52.8 Å². The first-order valence-corrected chi connectivity index (χ1v) is 8.32. The molecule has 0 saturated carbocycles. The minimum Gasteiger partial charge on any atom is -0.396 e. The molecule has 0 unspecified atom stereocenters. The van der Waals surface area contributed by atoms with Crippen molar-refractivity contribution in [2.75, 3.05) is 11.9 Å². The van der Waals surface area contributed by atoms with E-state index in [1.54, 1.807) is 12.2 Å². The van der Waals surface area contributed by atoms with E-state index in [-0.39, 0.29) is 17.1 Å². The maximum atomic E-state index is 13.3. The van der Waals surface area contributed by atoms with Crippen LogP contribution in [0.5, 0.6) is 0 Å². The van der Waals surface area contributed by atoms with Crippen LogP contribution in [0.3, 0.4) is 0 Å².